The summed E-state index contributed by atoms with van der Waals surface area (Å²) in [7, 11) is 0. The van der Waals surface area contributed by atoms with Crippen molar-refractivity contribution in [3.63, 3.8) is 0 Å². The maximum Gasteiger partial charge on any atom is 0.251 e. The third-order valence-corrected chi connectivity index (χ3v) is 4.57. The number of amides is 2. The molecule has 142 valence electrons. The van der Waals surface area contributed by atoms with Gasteiger partial charge in [0.25, 0.3) is 5.91 Å². The topological polar surface area (TPSA) is 61.4 Å². The van der Waals surface area contributed by atoms with Gasteiger partial charge < -0.3 is 15.5 Å². The normalized spacial score (nSPS) is 13.4. The van der Waals surface area contributed by atoms with E-state index in [0.29, 0.717) is 24.9 Å². The van der Waals surface area contributed by atoms with E-state index in [2.05, 4.69) is 21.6 Å². The lowest BCUT2D eigenvalue weighted by molar-refractivity contribution is -0.116. The van der Waals surface area contributed by atoms with Crippen molar-refractivity contribution in [2.24, 2.45) is 0 Å². The minimum atomic E-state index is -0.378. The van der Waals surface area contributed by atoms with E-state index in [4.69, 9.17) is 0 Å². The Morgan fingerprint density at radius 2 is 1.78 bits per heavy atom. The molecule has 1 aliphatic heterocycles. The maximum atomic E-state index is 12.9. The van der Waals surface area contributed by atoms with Crippen LogP contribution >= 0.6 is 0 Å². The molecule has 3 rings (SSSR count). The van der Waals surface area contributed by atoms with Gasteiger partial charge in [-0.1, -0.05) is 6.07 Å². The van der Waals surface area contributed by atoms with Crippen molar-refractivity contribution >= 4 is 23.2 Å². The van der Waals surface area contributed by atoms with Crippen molar-refractivity contribution in [2.45, 2.75) is 25.7 Å². The number of hydrogen-bond donors (Lipinski definition) is 2. The average Bonchev–Trinajstić information content (AvgIpc) is 3.21. The molecule has 1 saturated heterocycles. The largest absolute Gasteiger partial charge is 0.371 e. The molecule has 2 aromatic rings. The Labute approximate surface area is 158 Å². The van der Waals surface area contributed by atoms with Gasteiger partial charge in [-0.25, -0.2) is 4.39 Å². The van der Waals surface area contributed by atoms with E-state index in [0.717, 1.165) is 24.5 Å². The molecule has 1 aliphatic rings. The monoisotopic (exact) mass is 369 g/mol. The SMILES string of the molecule is O=C(CCCNC(=O)c1ccc(F)cc1)Nc1cccc(N2CCCC2)c1. The fraction of sp³-hybridized carbons (Fsp3) is 0.333. The first-order valence-corrected chi connectivity index (χ1v) is 9.30. The number of nitrogens with zero attached hydrogens (tertiary/aromatic N) is 1. The lowest BCUT2D eigenvalue weighted by Crippen LogP contribution is -2.25. The summed E-state index contributed by atoms with van der Waals surface area (Å²) in [6.07, 6.45) is 3.27. The van der Waals surface area contributed by atoms with Crippen LogP contribution in [0.25, 0.3) is 0 Å². The molecule has 0 saturated carbocycles. The van der Waals surface area contributed by atoms with Gasteiger partial charge in [0.15, 0.2) is 0 Å². The summed E-state index contributed by atoms with van der Waals surface area (Å²) in [5.74, 6) is -0.727. The summed E-state index contributed by atoms with van der Waals surface area (Å²) in [5.41, 5.74) is 2.33. The van der Waals surface area contributed by atoms with Crippen LogP contribution < -0.4 is 15.5 Å². The van der Waals surface area contributed by atoms with Crippen LogP contribution in [-0.2, 0) is 4.79 Å². The van der Waals surface area contributed by atoms with E-state index in [1.165, 1.54) is 37.1 Å². The lowest BCUT2D eigenvalue weighted by atomic mass is 10.2. The second-order valence-corrected chi connectivity index (χ2v) is 6.66. The molecule has 27 heavy (non-hydrogen) atoms. The molecule has 0 aromatic heterocycles. The molecule has 0 spiro atoms. The van der Waals surface area contributed by atoms with Gasteiger partial charge >= 0.3 is 0 Å². The fourth-order valence-electron chi connectivity index (χ4n) is 3.13. The molecule has 0 atom stereocenters. The Hall–Kier alpha value is -2.89. The average molecular weight is 369 g/mol. The molecule has 0 bridgehead atoms. The molecule has 5 nitrogen and oxygen atoms in total. The highest BCUT2D eigenvalue weighted by molar-refractivity contribution is 5.94. The van der Waals surface area contributed by atoms with Crippen molar-refractivity contribution < 1.29 is 14.0 Å². The van der Waals surface area contributed by atoms with Crippen molar-refractivity contribution in [1.29, 1.82) is 0 Å². The summed E-state index contributed by atoms with van der Waals surface area (Å²) in [6, 6.07) is 13.3. The van der Waals surface area contributed by atoms with Crippen molar-refractivity contribution in [3.8, 4) is 0 Å². The second-order valence-electron chi connectivity index (χ2n) is 6.66. The number of rotatable bonds is 7. The number of benzene rings is 2. The van der Waals surface area contributed by atoms with Gasteiger partial charge in [0.2, 0.25) is 5.91 Å². The van der Waals surface area contributed by atoms with Gasteiger partial charge in [-0.2, -0.15) is 0 Å². The van der Waals surface area contributed by atoms with Crippen LogP contribution in [0.4, 0.5) is 15.8 Å². The van der Waals surface area contributed by atoms with Gasteiger partial charge in [-0.15, -0.1) is 0 Å². The smallest absolute Gasteiger partial charge is 0.251 e. The highest BCUT2D eigenvalue weighted by atomic mass is 19.1. The molecule has 2 aromatic carbocycles. The third kappa shape index (κ3) is 5.54. The van der Waals surface area contributed by atoms with E-state index in [1.807, 2.05) is 18.2 Å². The Balaban J connectivity index is 1.40. The van der Waals surface area contributed by atoms with E-state index in [-0.39, 0.29) is 17.6 Å². The minimum Gasteiger partial charge on any atom is -0.371 e. The molecule has 1 heterocycles. The minimum absolute atomic E-state index is 0.0791. The first-order valence-electron chi connectivity index (χ1n) is 9.30. The molecule has 1 fully saturated rings. The Kier molecular flexibility index (Phi) is 6.41. The summed E-state index contributed by atoms with van der Waals surface area (Å²) >= 11 is 0. The number of hydrogen-bond acceptors (Lipinski definition) is 3. The van der Waals surface area contributed by atoms with Gasteiger partial charge in [-0.05, 0) is 61.7 Å². The van der Waals surface area contributed by atoms with Crippen LogP contribution in [0.3, 0.4) is 0 Å². The Morgan fingerprint density at radius 1 is 1.04 bits per heavy atom. The van der Waals surface area contributed by atoms with Gasteiger partial charge in [0, 0.05) is 43.0 Å². The summed E-state index contributed by atoms with van der Waals surface area (Å²) in [6.45, 7) is 2.51. The van der Waals surface area contributed by atoms with E-state index >= 15 is 0 Å². The predicted octanol–water partition coefficient (Wildman–Crippen LogP) is 3.57. The number of carbonyl (C=O) groups excluding carboxylic acids is 2. The van der Waals surface area contributed by atoms with E-state index in [1.54, 1.807) is 0 Å². The second kappa shape index (κ2) is 9.16. The zero-order valence-electron chi connectivity index (χ0n) is 15.2. The third-order valence-electron chi connectivity index (χ3n) is 4.57. The van der Waals surface area contributed by atoms with Gasteiger partial charge in [0.05, 0.1) is 0 Å². The van der Waals surface area contributed by atoms with E-state index in [9.17, 15) is 14.0 Å². The molecular formula is C21H24FN3O2. The molecule has 0 aliphatic carbocycles. The number of nitrogens with one attached hydrogen (secondary N) is 2. The van der Waals surface area contributed by atoms with Crippen LogP contribution in [0, 0.1) is 5.82 Å². The Morgan fingerprint density at radius 3 is 2.52 bits per heavy atom. The zero-order valence-corrected chi connectivity index (χ0v) is 15.2. The molecular weight excluding hydrogens is 345 g/mol. The molecule has 0 unspecified atom stereocenters. The van der Waals surface area contributed by atoms with Crippen LogP contribution in [0.2, 0.25) is 0 Å². The first-order chi connectivity index (χ1) is 13.1. The highest BCUT2D eigenvalue weighted by Gasteiger charge is 2.13. The van der Waals surface area contributed by atoms with Crippen LogP contribution in [0.15, 0.2) is 48.5 Å². The maximum absolute atomic E-state index is 12.9. The summed E-state index contributed by atoms with van der Waals surface area (Å²) < 4.78 is 12.9. The van der Waals surface area contributed by atoms with Crippen LogP contribution in [0.1, 0.15) is 36.0 Å². The first kappa shape index (κ1) is 18.9. The quantitative estimate of drug-likeness (QED) is 0.734. The molecule has 2 amide bonds. The van der Waals surface area contributed by atoms with Crippen molar-refractivity contribution in [3.05, 3.63) is 59.9 Å². The lowest BCUT2D eigenvalue weighted by Gasteiger charge is -2.18. The molecule has 2 N–H and O–H groups in total. The van der Waals surface area contributed by atoms with E-state index < -0.39 is 0 Å². The van der Waals surface area contributed by atoms with Crippen LogP contribution in [-0.4, -0.2) is 31.4 Å². The van der Waals surface area contributed by atoms with Gasteiger partial charge in [0.1, 0.15) is 5.82 Å². The van der Waals surface area contributed by atoms with Crippen molar-refractivity contribution in [2.75, 3.05) is 29.9 Å². The van der Waals surface area contributed by atoms with Crippen LogP contribution in [0.5, 0.6) is 0 Å². The number of carbonyl (C=O) groups is 2. The predicted molar refractivity (Wildman–Crippen MR) is 104 cm³/mol. The summed E-state index contributed by atoms with van der Waals surface area (Å²) in [5, 5.41) is 5.65. The standard InChI is InChI=1S/C21H24FN3O2/c22-17-10-8-16(9-11-17)21(27)23-12-4-7-20(26)24-18-5-3-6-19(15-18)25-13-1-2-14-25/h3,5-6,8-11,15H,1-2,4,7,12-14H2,(H,23,27)(H,24,26). The van der Waals surface area contributed by atoms with Gasteiger partial charge in [-0.3, -0.25) is 9.59 Å². The molecule has 0 radical (unpaired) electrons. The molecule has 6 heteroatoms. The Bertz CT molecular complexity index is 786. The highest BCUT2D eigenvalue weighted by Crippen LogP contribution is 2.23. The fourth-order valence-corrected chi connectivity index (χ4v) is 3.13. The zero-order chi connectivity index (χ0) is 19.1. The number of anilines is 2. The summed E-state index contributed by atoms with van der Waals surface area (Å²) in [4.78, 5) is 26.4. The number of halogens is 1. The van der Waals surface area contributed by atoms with Crippen molar-refractivity contribution in [1.82, 2.24) is 5.32 Å².